The van der Waals surface area contributed by atoms with Crippen LogP contribution in [0, 0.1) is 5.82 Å². The molecule has 0 spiro atoms. The maximum absolute atomic E-state index is 13.0. The lowest BCUT2D eigenvalue weighted by atomic mass is 10.1. The number of aliphatic hydroxyl groups excluding tert-OH is 1. The van der Waals surface area contributed by atoms with E-state index in [1.54, 1.807) is 12.1 Å². The van der Waals surface area contributed by atoms with Crippen molar-refractivity contribution in [3.63, 3.8) is 0 Å². The fraction of sp³-hybridized carbons (Fsp3) is 0.533. The molecule has 1 fully saturated rings. The molecule has 0 saturated carbocycles. The van der Waals surface area contributed by atoms with Gasteiger partial charge in [0.05, 0.1) is 18.2 Å². The van der Waals surface area contributed by atoms with Gasteiger partial charge in [-0.05, 0) is 38.2 Å². The molecule has 0 aliphatic carbocycles. The number of halogens is 1. The highest BCUT2D eigenvalue weighted by molar-refractivity contribution is 5.82. The molecule has 5 nitrogen and oxygen atoms in total. The third-order valence-electron chi connectivity index (χ3n) is 3.77. The van der Waals surface area contributed by atoms with Crippen molar-refractivity contribution in [1.82, 2.24) is 15.5 Å². The molecular formula is C15H22FN3O2. The highest BCUT2D eigenvalue weighted by Gasteiger charge is 2.28. The molecule has 3 atom stereocenters. The van der Waals surface area contributed by atoms with E-state index in [2.05, 4.69) is 10.6 Å². The second kappa shape index (κ2) is 6.98. The summed E-state index contributed by atoms with van der Waals surface area (Å²) in [6.45, 7) is 0.888. The molecule has 0 unspecified atom stereocenters. The summed E-state index contributed by atoms with van der Waals surface area (Å²) in [4.78, 5) is 14.0. The standard InChI is InChI=1S/C15H22FN3O2/c1-19(2)14(10-3-5-11(16)6-4-10)9-18-15(21)13-7-12(20)8-17-13/h3-6,12-14,17,20H,7-9H2,1-2H3,(H,18,21)/t12-,13+,14+/m0/s1. The van der Waals surface area contributed by atoms with Gasteiger partial charge in [-0.15, -0.1) is 0 Å². The Bertz CT molecular complexity index is 478. The van der Waals surface area contributed by atoms with Crippen molar-refractivity contribution in [2.45, 2.75) is 24.6 Å². The predicted octanol–water partition coefficient (Wildman–Crippen LogP) is 0.267. The summed E-state index contributed by atoms with van der Waals surface area (Å²) in [5.41, 5.74) is 0.945. The van der Waals surface area contributed by atoms with Gasteiger partial charge in [0.1, 0.15) is 5.82 Å². The molecule has 1 aromatic carbocycles. The molecule has 0 radical (unpaired) electrons. The Morgan fingerprint density at radius 2 is 2.14 bits per heavy atom. The number of β-amino-alcohol motifs (C(OH)–C–C–N with tert-alkyl or cyclic N) is 1. The Morgan fingerprint density at radius 3 is 2.67 bits per heavy atom. The number of hydrogen-bond acceptors (Lipinski definition) is 4. The Hall–Kier alpha value is -1.50. The van der Waals surface area contributed by atoms with Crippen molar-refractivity contribution >= 4 is 5.91 Å². The molecule has 2 rings (SSSR count). The SMILES string of the molecule is CN(C)[C@H](CNC(=O)[C@H]1C[C@H](O)CN1)c1ccc(F)cc1. The van der Waals surface area contributed by atoms with E-state index in [0.29, 0.717) is 19.5 Å². The number of amides is 1. The summed E-state index contributed by atoms with van der Waals surface area (Å²) in [5.74, 6) is -0.384. The molecule has 1 aromatic rings. The van der Waals surface area contributed by atoms with E-state index in [0.717, 1.165) is 5.56 Å². The number of likely N-dealkylation sites (N-methyl/N-ethyl adjacent to an activating group) is 1. The average molecular weight is 295 g/mol. The zero-order chi connectivity index (χ0) is 15.4. The minimum atomic E-state index is -0.456. The second-order valence-corrected chi connectivity index (χ2v) is 5.63. The molecule has 1 saturated heterocycles. The molecular weight excluding hydrogens is 273 g/mol. The number of aliphatic hydroxyl groups is 1. The van der Waals surface area contributed by atoms with Gasteiger partial charge in [0.15, 0.2) is 0 Å². The molecule has 1 aliphatic heterocycles. The first-order valence-electron chi connectivity index (χ1n) is 7.08. The summed E-state index contributed by atoms with van der Waals surface area (Å²) in [6.07, 6.45) is -0.0165. The first-order chi connectivity index (χ1) is 9.97. The van der Waals surface area contributed by atoms with Crippen LogP contribution in [0.25, 0.3) is 0 Å². The Balaban J connectivity index is 1.94. The monoisotopic (exact) mass is 295 g/mol. The average Bonchev–Trinajstić information content (AvgIpc) is 2.87. The number of nitrogens with one attached hydrogen (secondary N) is 2. The van der Waals surface area contributed by atoms with E-state index < -0.39 is 6.10 Å². The molecule has 3 N–H and O–H groups in total. The Morgan fingerprint density at radius 1 is 1.48 bits per heavy atom. The number of benzene rings is 1. The summed E-state index contributed by atoms with van der Waals surface area (Å²) in [5, 5.41) is 15.3. The van der Waals surface area contributed by atoms with Crippen LogP contribution in [0.3, 0.4) is 0 Å². The van der Waals surface area contributed by atoms with Gasteiger partial charge < -0.3 is 20.6 Å². The smallest absolute Gasteiger partial charge is 0.237 e. The minimum absolute atomic E-state index is 0.0270. The molecule has 6 heteroatoms. The normalized spacial score (nSPS) is 23.3. The quantitative estimate of drug-likeness (QED) is 0.729. The van der Waals surface area contributed by atoms with Gasteiger partial charge in [-0.3, -0.25) is 4.79 Å². The predicted molar refractivity (Wildman–Crippen MR) is 78.3 cm³/mol. The second-order valence-electron chi connectivity index (χ2n) is 5.63. The largest absolute Gasteiger partial charge is 0.392 e. The van der Waals surface area contributed by atoms with Gasteiger partial charge in [0, 0.05) is 13.1 Å². The van der Waals surface area contributed by atoms with E-state index in [-0.39, 0.29) is 23.8 Å². The van der Waals surface area contributed by atoms with Crippen LogP contribution >= 0.6 is 0 Å². The topological polar surface area (TPSA) is 64.6 Å². The third kappa shape index (κ3) is 4.23. The van der Waals surface area contributed by atoms with Gasteiger partial charge >= 0.3 is 0 Å². The highest BCUT2D eigenvalue weighted by Crippen LogP contribution is 2.18. The summed E-state index contributed by atoms with van der Waals surface area (Å²) in [7, 11) is 3.83. The van der Waals surface area contributed by atoms with Crippen LogP contribution < -0.4 is 10.6 Å². The molecule has 0 aromatic heterocycles. The minimum Gasteiger partial charge on any atom is -0.392 e. The Kier molecular flexibility index (Phi) is 5.27. The van der Waals surface area contributed by atoms with Crippen LogP contribution in [-0.2, 0) is 4.79 Å². The number of nitrogens with zero attached hydrogens (tertiary/aromatic N) is 1. The van der Waals surface area contributed by atoms with Gasteiger partial charge in [-0.25, -0.2) is 4.39 Å². The lowest BCUT2D eigenvalue weighted by molar-refractivity contribution is -0.123. The molecule has 1 amide bonds. The lowest BCUT2D eigenvalue weighted by Crippen LogP contribution is -2.43. The first kappa shape index (κ1) is 15.9. The van der Waals surface area contributed by atoms with Crippen molar-refractivity contribution in [2.75, 3.05) is 27.2 Å². The summed E-state index contributed by atoms with van der Waals surface area (Å²) in [6, 6.07) is 5.93. The number of hydrogen-bond donors (Lipinski definition) is 3. The van der Waals surface area contributed by atoms with Gasteiger partial charge in [-0.1, -0.05) is 12.1 Å². The third-order valence-corrected chi connectivity index (χ3v) is 3.77. The van der Waals surface area contributed by atoms with Crippen LogP contribution in [0.15, 0.2) is 24.3 Å². The summed E-state index contributed by atoms with van der Waals surface area (Å²) >= 11 is 0. The van der Waals surface area contributed by atoms with Gasteiger partial charge in [-0.2, -0.15) is 0 Å². The van der Waals surface area contributed by atoms with Crippen LogP contribution in [0.2, 0.25) is 0 Å². The van der Waals surface area contributed by atoms with E-state index in [4.69, 9.17) is 0 Å². The number of carbonyl (C=O) groups is 1. The van der Waals surface area contributed by atoms with Gasteiger partial charge in [0.25, 0.3) is 0 Å². The maximum atomic E-state index is 13.0. The number of carbonyl (C=O) groups excluding carboxylic acids is 1. The van der Waals surface area contributed by atoms with Crippen molar-refractivity contribution < 1.29 is 14.3 Å². The van der Waals surface area contributed by atoms with Crippen LogP contribution in [0.4, 0.5) is 4.39 Å². The highest BCUT2D eigenvalue weighted by atomic mass is 19.1. The summed E-state index contributed by atoms with van der Waals surface area (Å²) < 4.78 is 13.0. The van der Waals surface area contributed by atoms with Crippen LogP contribution in [-0.4, -0.2) is 55.2 Å². The molecule has 1 heterocycles. The van der Waals surface area contributed by atoms with Crippen molar-refractivity contribution in [3.8, 4) is 0 Å². The van der Waals surface area contributed by atoms with Gasteiger partial charge in [0.2, 0.25) is 5.91 Å². The lowest BCUT2D eigenvalue weighted by Gasteiger charge is -2.25. The maximum Gasteiger partial charge on any atom is 0.237 e. The first-order valence-corrected chi connectivity index (χ1v) is 7.08. The van der Waals surface area contributed by atoms with E-state index in [1.807, 2.05) is 19.0 Å². The van der Waals surface area contributed by atoms with Crippen molar-refractivity contribution in [2.24, 2.45) is 0 Å². The van der Waals surface area contributed by atoms with E-state index >= 15 is 0 Å². The van der Waals surface area contributed by atoms with Crippen LogP contribution in [0.1, 0.15) is 18.0 Å². The van der Waals surface area contributed by atoms with E-state index in [9.17, 15) is 14.3 Å². The van der Waals surface area contributed by atoms with Crippen molar-refractivity contribution in [1.29, 1.82) is 0 Å². The zero-order valence-electron chi connectivity index (χ0n) is 12.3. The molecule has 116 valence electrons. The Labute approximate surface area is 124 Å². The fourth-order valence-corrected chi connectivity index (χ4v) is 2.52. The van der Waals surface area contributed by atoms with Crippen molar-refractivity contribution in [3.05, 3.63) is 35.6 Å². The molecule has 21 heavy (non-hydrogen) atoms. The zero-order valence-corrected chi connectivity index (χ0v) is 12.3. The number of rotatable bonds is 5. The van der Waals surface area contributed by atoms with E-state index in [1.165, 1.54) is 12.1 Å². The van der Waals surface area contributed by atoms with Crippen LogP contribution in [0.5, 0.6) is 0 Å². The fourth-order valence-electron chi connectivity index (χ4n) is 2.52. The molecule has 0 bridgehead atoms. The molecule has 1 aliphatic rings.